The van der Waals surface area contributed by atoms with Gasteiger partial charge in [0.15, 0.2) is 11.5 Å². The van der Waals surface area contributed by atoms with E-state index in [9.17, 15) is 5.11 Å². The first-order valence-electron chi connectivity index (χ1n) is 5.92. The summed E-state index contributed by atoms with van der Waals surface area (Å²) in [5, 5.41) is 15.1. The summed E-state index contributed by atoms with van der Waals surface area (Å²) in [6, 6.07) is 9.42. The first kappa shape index (κ1) is 13.7. The van der Waals surface area contributed by atoms with Crippen LogP contribution >= 0.6 is 11.3 Å². The number of hydrogen-bond acceptors (Lipinski definition) is 5. The summed E-state index contributed by atoms with van der Waals surface area (Å²) < 4.78 is 10.4. The minimum Gasteiger partial charge on any atom is -0.493 e. The molecule has 0 fully saturated rings. The molecule has 2 N–H and O–H groups in total. The van der Waals surface area contributed by atoms with Crippen molar-refractivity contribution in [1.82, 2.24) is 0 Å². The summed E-state index contributed by atoms with van der Waals surface area (Å²) in [6.07, 6.45) is -0.506. The largest absolute Gasteiger partial charge is 0.493 e. The second kappa shape index (κ2) is 6.45. The van der Waals surface area contributed by atoms with Crippen LogP contribution in [0.2, 0.25) is 0 Å². The van der Waals surface area contributed by atoms with Gasteiger partial charge < -0.3 is 19.9 Å². The quantitative estimate of drug-likeness (QED) is 0.853. The number of methoxy groups -OCH3 is 2. The first-order chi connectivity index (χ1) is 9.24. The van der Waals surface area contributed by atoms with Crippen molar-refractivity contribution in [2.75, 3.05) is 26.1 Å². The standard InChI is InChI=1S/C14H17NO3S/c1-17-12-6-5-10(8-13(12)18-2)15-9-11(16)14-4-3-7-19-14/h3-8,11,15-16H,9H2,1-2H3. The molecule has 2 aromatic rings. The van der Waals surface area contributed by atoms with E-state index in [0.29, 0.717) is 18.0 Å². The van der Waals surface area contributed by atoms with Gasteiger partial charge in [-0.15, -0.1) is 11.3 Å². The molecule has 0 spiro atoms. The molecule has 19 heavy (non-hydrogen) atoms. The SMILES string of the molecule is COc1ccc(NCC(O)c2cccs2)cc1OC. The highest BCUT2D eigenvalue weighted by atomic mass is 32.1. The van der Waals surface area contributed by atoms with Crippen molar-refractivity contribution >= 4 is 17.0 Å². The van der Waals surface area contributed by atoms with Crippen LogP contribution in [-0.4, -0.2) is 25.9 Å². The van der Waals surface area contributed by atoms with E-state index in [-0.39, 0.29) is 0 Å². The van der Waals surface area contributed by atoms with Crippen LogP contribution in [0.1, 0.15) is 11.0 Å². The molecule has 0 aliphatic carbocycles. The van der Waals surface area contributed by atoms with Crippen LogP contribution in [0.4, 0.5) is 5.69 Å². The van der Waals surface area contributed by atoms with Gasteiger partial charge in [-0.2, -0.15) is 0 Å². The molecule has 0 radical (unpaired) electrons. The molecule has 1 heterocycles. The smallest absolute Gasteiger partial charge is 0.162 e. The van der Waals surface area contributed by atoms with E-state index in [4.69, 9.17) is 9.47 Å². The Morgan fingerprint density at radius 1 is 1.21 bits per heavy atom. The minimum atomic E-state index is -0.506. The molecule has 1 atom stereocenters. The lowest BCUT2D eigenvalue weighted by Gasteiger charge is -2.13. The maximum atomic E-state index is 9.99. The molecule has 0 aliphatic rings. The number of thiophene rings is 1. The lowest BCUT2D eigenvalue weighted by Crippen LogP contribution is -2.11. The third kappa shape index (κ3) is 3.39. The van der Waals surface area contributed by atoms with E-state index < -0.39 is 6.10 Å². The minimum absolute atomic E-state index is 0.454. The maximum absolute atomic E-state index is 9.99. The molecule has 0 saturated heterocycles. The summed E-state index contributed by atoms with van der Waals surface area (Å²) in [7, 11) is 3.20. The van der Waals surface area contributed by atoms with Crippen molar-refractivity contribution in [3.8, 4) is 11.5 Å². The maximum Gasteiger partial charge on any atom is 0.162 e. The van der Waals surface area contributed by atoms with E-state index in [2.05, 4.69) is 5.32 Å². The first-order valence-corrected chi connectivity index (χ1v) is 6.80. The van der Waals surface area contributed by atoms with Crippen LogP contribution in [-0.2, 0) is 0 Å². The van der Waals surface area contributed by atoms with Crippen LogP contribution in [0, 0.1) is 0 Å². The van der Waals surface area contributed by atoms with Gasteiger partial charge in [-0.25, -0.2) is 0 Å². The Labute approximate surface area is 116 Å². The average Bonchev–Trinajstić information content (AvgIpc) is 2.98. The number of anilines is 1. The molecule has 5 heteroatoms. The topological polar surface area (TPSA) is 50.7 Å². The summed E-state index contributed by atoms with van der Waals surface area (Å²) >= 11 is 1.55. The fourth-order valence-corrected chi connectivity index (χ4v) is 2.45. The average molecular weight is 279 g/mol. The lowest BCUT2D eigenvalue weighted by molar-refractivity contribution is 0.195. The molecule has 102 valence electrons. The monoisotopic (exact) mass is 279 g/mol. The van der Waals surface area contributed by atoms with Gasteiger partial charge in [-0.1, -0.05) is 6.07 Å². The fourth-order valence-electron chi connectivity index (χ4n) is 1.74. The van der Waals surface area contributed by atoms with Crippen LogP contribution in [0.15, 0.2) is 35.7 Å². The van der Waals surface area contributed by atoms with Crippen LogP contribution in [0.5, 0.6) is 11.5 Å². The second-order valence-electron chi connectivity index (χ2n) is 3.98. The highest BCUT2D eigenvalue weighted by molar-refractivity contribution is 7.10. The highest BCUT2D eigenvalue weighted by Gasteiger charge is 2.09. The number of aliphatic hydroxyl groups is 1. The van der Waals surface area contributed by atoms with Crippen molar-refractivity contribution in [2.24, 2.45) is 0 Å². The summed E-state index contributed by atoms with van der Waals surface area (Å²) in [4.78, 5) is 0.952. The van der Waals surface area contributed by atoms with Gasteiger partial charge in [0.2, 0.25) is 0 Å². The van der Waals surface area contributed by atoms with Gasteiger partial charge in [0.05, 0.1) is 14.2 Å². The predicted molar refractivity (Wildman–Crippen MR) is 77.3 cm³/mol. The molecule has 4 nitrogen and oxygen atoms in total. The Morgan fingerprint density at radius 3 is 2.63 bits per heavy atom. The third-order valence-electron chi connectivity index (χ3n) is 2.75. The van der Waals surface area contributed by atoms with E-state index >= 15 is 0 Å². The molecular formula is C14H17NO3S. The van der Waals surface area contributed by atoms with Gasteiger partial charge in [0.25, 0.3) is 0 Å². The Balaban J connectivity index is 1.99. The zero-order chi connectivity index (χ0) is 13.7. The number of aliphatic hydroxyl groups excluding tert-OH is 1. The van der Waals surface area contributed by atoms with Crippen molar-refractivity contribution in [2.45, 2.75) is 6.10 Å². The normalized spacial score (nSPS) is 11.9. The molecule has 0 aliphatic heterocycles. The third-order valence-corrected chi connectivity index (χ3v) is 3.73. The van der Waals surface area contributed by atoms with Gasteiger partial charge in [-0.3, -0.25) is 0 Å². The number of rotatable bonds is 6. The Kier molecular flexibility index (Phi) is 4.65. The Hall–Kier alpha value is -1.72. The van der Waals surface area contributed by atoms with E-state index in [1.54, 1.807) is 25.6 Å². The van der Waals surface area contributed by atoms with Crippen LogP contribution in [0.3, 0.4) is 0 Å². The Bertz CT molecular complexity index is 513. The highest BCUT2D eigenvalue weighted by Crippen LogP contribution is 2.30. The molecule has 1 unspecified atom stereocenters. The molecule has 0 amide bonds. The Morgan fingerprint density at radius 2 is 2.00 bits per heavy atom. The van der Waals surface area contributed by atoms with Crippen molar-refractivity contribution in [3.05, 3.63) is 40.6 Å². The molecule has 0 bridgehead atoms. The second-order valence-corrected chi connectivity index (χ2v) is 4.96. The molecule has 1 aromatic heterocycles. The zero-order valence-corrected chi connectivity index (χ0v) is 11.7. The number of nitrogens with one attached hydrogen (secondary N) is 1. The van der Waals surface area contributed by atoms with Gasteiger partial charge >= 0.3 is 0 Å². The van der Waals surface area contributed by atoms with Crippen molar-refractivity contribution in [1.29, 1.82) is 0 Å². The zero-order valence-electron chi connectivity index (χ0n) is 10.9. The van der Waals surface area contributed by atoms with Crippen molar-refractivity contribution < 1.29 is 14.6 Å². The van der Waals surface area contributed by atoms with Gasteiger partial charge in [0.1, 0.15) is 6.10 Å². The summed E-state index contributed by atoms with van der Waals surface area (Å²) in [5.74, 6) is 1.35. The number of benzene rings is 1. The predicted octanol–water partition coefficient (Wildman–Crippen LogP) is 2.91. The van der Waals surface area contributed by atoms with E-state index in [1.165, 1.54) is 0 Å². The summed E-state index contributed by atoms with van der Waals surface area (Å²) in [5.41, 5.74) is 0.883. The van der Waals surface area contributed by atoms with Crippen molar-refractivity contribution in [3.63, 3.8) is 0 Å². The summed E-state index contributed by atoms with van der Waals surface area (Å²) in [6.45, 7) is 0.454. The van der Waals surface area contributed by atoms with E-state index in [1.807, 2.05) is 35.7 Å². The molecular weight excluding hydrogens is 262 g/mol. The van der Waals surface area contributed by atoms with Crippen LogP contribution in [0.25, 0.3) is 0 Å². The lowest BCUT2D eigenvalue weighted by atomic mass is 10.2. The molecule has 2 rings (SSSR count). The van der Waals surface area contributed by atoms with Crippen LogP contribution < -0.4 is 14.8 Å². The van der Waals surface area contributed by atoms with E-state index in [0.717, 1.165) is 10.6 Å². The number of ether oxygens (including phenoxy) is 2. The van der Waals surface area contributed by atoms with Gasteiger partial charge in [-0.05, 0) is 23.6 Å². The van der Waals surface area contributed by atoms with Gasteiger partial charge in [0, 0.05) is 23.2 Å². The molecule has 0 saturated carbocycles. The fraction of sp³-hybridized carbons (Fsp3) is 0.286. The molecule has 1 aromatic carbocycles. The number of hydrogen-bond donors (Lipinski definition) is 2.